The predicted molar refractivity (Wildman–Crippen MR) is 71.8 cm³/mol. The molecule has 1 unspecified atom stereocenters. The predicted octanol–water partition coefficient (Wildman–Crippen LogP) is 2.02. The summed E-state index contributed by atoms with van der Waals surface area (Å²) in [6, 6.07) is 7.42. The SMILES string of the molecule is CCC1(C(=O)Nc2ccc(OC)cc2)CCNC1. The first-order valence-corrected chi connectivity index (χ1v) is 6.36. The second-order valence-electron chi connectivity index (χ2n) is 4.74. The fraction of sp³-hybridized carbons (Fsp3) is 0.500. The van der Waals surface area contributed by atoms with E-state index in [-0.39, 0.29) is 11.3 Å². The zero-order valence-corrected chi connectivity index (χ0v) is 11.0. The van der Waals surface area contributed by atoms with Gasteiger partial charge in [-0.1, -0.05) is 6.92 Å². The minimum absolute atomic E-state index is 0.111. The molecular formula is C14H20N2O2. The van der Waals surface area contributed by atoms with Crippen molar-refractivity contribution in [3.8, 4) is 5.75 Å². The van der Waals surface area contributed by atoms with E-state index in [1.807, 2.05) is 24.3 Å². The molecule has 2 N–H and O–H groups in total. The topological polar surface area (TPSA) is 50.4 Å². The van der Waals surface area contributed by atoms with Crippen LogP contribution in [-0.2, 0) is 4.79 Å². The Balaban J connectivity index is 2.05. The lowest BCUT2D eigenvalue weighted by molar-refractivity contribution is -0.124. The normalized spacial score (nSPS) is 22.8. The molecule has 1 aromatic carbocycles. The molecule has 0 spiro atoms. The number of carbonyl (C=O) groups is 1. The van der Waals surface area contributed by atoms with Gasteiger partial charge in [0, 0.05) is 12.2 Å². The number of methoxy groups -OCH3 is 1. The summed E-state index contributed by atoms with van der Waals surface area (Å²) in [5.74, 6) is 0.904. The summed E-state index contributed by atoms with van der Waals surface area (Å²) in [5.41, 5.74) is 0.570. The standard InChI is InChI=1S/C14H20N2O2/c1-3-14(8-9-15-10-14)13(17)16-11-4-6-12(18-2)7-5-11/h4-7,15H,3,8-10H2,1-2H3,(H,16,17). The number of anilines is 1. The number of hydrogen-bond donors (Lipinski definition) is 2. The first-order chi connectivity index (χ1) is 8.70. The average Bonchev–Trinajstić information content (AvgIpc) is 2.89. The van der Waals surface area contributed by atoms with Gasteiger partial charge in [-0.3, -0.25) is 4.79 Å². The van der Waals surface area contributed by atoms with Gasteiger partial charge >= 0.3 is 0 Å². The molecule has 1 heterocycles. The van der Waals surface area contributed by atoms with E-state index in [1.165, 1.54) is 0 Å². The number of hydrogen-bond acceptors (Lipinski definition) is 3. The number of benzene rings is 1. The molecule has 0 bridgehead atoms. The number of nitrogens with one attached hydrogen (secondary N) is 2. The molecule has 1 amide bonds. The van der Waals surface area contributed by atoms with Crippen LogP contribution in [0, 0.1) is 5.41 Å². The van der Waals surface area contributed by atoms with Crippen LogP contribution < -0.4 is 15.4 Å². The molecule has 4 nitrogen and oxygen atoms in total. The summed E-state index contributed by atoms with van der Waals surface area (Å²) in [6.07, 6.45) is 1.77. The van der Waals surface area contributed by atoms with Crippen molar-refractivity contribution in [1.82, 2.24) is 5.32 Å². The van der Waals surface area contributed by atoms with Crippen LogP contribution in [0.5, 0.6) is 5.75 Å². The van der Waals surface area contributed by atoms with Gasteiger partial charge in [0.05, 0.1) is 12.5 Å². The van der Waals surface area contributed by atoms with Gasteiger partial charge in [-0.15, -0.1) is 0 Å². The van der Waals surface area contributed by atoms with Crippen molar-refractivity contribution in [3.05, 3.63) is 24.3 Å². The highest BCUT2D eigenvalue weighted by Crippen LogP contribution is 2.31. The molecule has 98 valence electrons. The van der Waals surface area contributed by atoms with Crippen molar-refractivity contribution in [3.63, 3.8) is 0 Å². The summed E-state index contributed by atoms with van der Waals surface area (Å²) in [5, 5.41) is 6.26. The highest BCUT2D eigenvalue weighted by molar-refractivity contribution is 5.95. The monoisotopic (exact) mass is 248 g/mol. The second kappa shape index (κ2) is 5.40. The Labute approximate surface area is 108 Å². The van der Waals surface area contributed by atoms with Crippen molar-refractivity contribution < 1.29 is 9.53 Å². The minimum atomic E-state index is -0.250. The van der Waals surface area contributed by atoms with Crippen LogP contribution in [0.4, 0.5) is 5.69 Å². The Morgan fingerprint density at radius 3 is 2.67 bits per heavy atom. The van der Waals surface area contributed by atoms with Crippen molar-refractivity contribution >= 4 is 11.6 Å². The lowest BCUT2D eigenvalue weighted by Gasteiger charge is -2.25. The van der Waals surface area contributed by atoms with Crippen LogP contribution in [0.2, 0.25) is 0 Å². The maximum absolute atomic E-state index is 12.3. The summed E-state index contributed by atoms with van der Waals surface area (Å²) in [4.78, 5) is 12.3. The zero-order chi connectivity index (χ0) is 13.0. The van der Waals surface area contributed by atoms with E-state index >= 15 is 0 Å². The summed E-state index contributed by atoms with van der Waals surface area (Å²) in [6.45, 7) is 3.76. The fourth-order valence-corrected chi connectivity index (χ4v) is 2.34. The van der Waals surface area contributed by atoms with E-state index < -0.39 is 0 Å². The van der Waals surface area contributed by atoms with Crippen LogP contribution in [0.1, 0.15) is 19.8 Å². The Morgan fingerprint density at radius 1 is 1.44 bits per heavy atom. The van der Waals surface area contributed by atoms with Gasteiger partial charge in [0.25, 0.3) is 0 Å². The highest BCUT2D eigenvalue weighted by Gasteiger charge is 2.39. The van der Waals surface area contributed by atoms with Gasteiger partial charge in [0.2, 0.25) is 5.91 Å². The van der Waals surface area contributed by atoms with Gasteiger partial charge < -0.3 is 15.4 Å². The van der Waals surface area contributed by atoms with Crippen LogP contribution in [0.3, 0.4) is 0 Å². The molecule has 1 saturated heterocycles. The van der Waals surface area contributed by atoms with Gasteiger partial charge in [0.1, 0.15) is 5.75 Å². The third-order valence-corrected chi connectivity index (χ3v) is 3.75. The molecular weight excluding hydrogens is 228 g/mol. The number of rotatable bonds is 4. The average molecular weight is 248 g/mol. The second-order valence-corrected chi connectivity index (χ2v) is 4.74. The van der Waals surface area contributed by atoms with E-state index in [0.29, 0.717) is 0 Å². The summed E-state index contributed by atoms with van der Waals surface area (Å²) >= 11 is 0. The Bertz CT molecular complexity index is 408. The highest BCUT2D eigenvalue weighted by atomic mass is 16.5. The quantitative estimate of drug-likeness (QED) is 0.857. The molecule has 0 saturated carbocycles. The zero-order valence-electron chi connectivity index (χ0n) is 11.0. The molecule has 0 radical (unpaired) electrons. The third-order valence-electron chi connectivity index (χ3n) is 3.75. The summed E-state index contributed by atoms with van der Waals surface area (Å²) < 4.78 is 5.09. The molecule has 0 aromatic heterocycles. The van der Waals surface area contributed by atoms with E-state index in [2.05, 4.69) is 17.6 Å². The van der Waals surface area contributed by atoms with Crippen molar-refractivity contribution in [2.75, 3.05) is 25.5 Å². The Kier molecular flexibility index (Phi) is 3.87. The van der Waals surface area contributed by atoms with Crippen LogP contribution in [0.25, 0.3) is 0 Å². The lowest BCUT2D eigenvalue weighted by Crippen LogP contribution is -2.37. The summed E-state index contributed by atoms with van der Waals surface area (Å²) in [7, 11) is 1.63. The first-order valence-electron chi connectivity index (χ1n) is 6.36. The molecule has 1 aliphatic heterocycles. The Hall–Kier alpha value is -1.55. The van der Waals surface area contributed by atoms with Crippen LogP contribution in [-0.4, -0.2) is 26.1 Å². The molecule has 0 aliphatic carbocycles. The van der Waals surface area contributed by atoms with E-state index in [9.17, 15) is 4.79 Å². The van der Waals surface area contributed by atoms with E-state index in [0.717, 1.165) is 37.4 Å². The molecule has 1 aliphatic rings. The van der Waals surface area contributed by atoms with Gasteiger partial charge in [0.15, 0.2) is 0 Å². The van der Waals surface area contributed by atoms with Gasteiger partial charge in [-0.25, -0.2) is 0 Å². The van der Waals surface area contributed by atoms with Gasteiger partial charge in [-0.05, 0) is 43.7 Å². The van der Waals surface area contributed by atoms with Gasteiger partial charge in [-0.2, -0.15) is 0 Å². The molecule has 1 aromatic rings. The number of carbonyl (C=O) groups excluding carboxylic acids is 1. The molecule has 2 rings (SSSR count). The smallest absolute Gasteiger partial charge is 0.231 e. The molecule has 1 atom stereocenters. The molecule has 18 heavy (non-hydrogen) atoms. The maximum atomic E-state index is 12.3. The van der Waals surface area contributed by atoms with Crippen molar-refractivity contribution in [2.45, 2.75) is 19.8 Å². The lowest BCUT2D eigenvalue weighted by atomic mass is 9.83. The fourth-order valence-electron chi connectivity index (χ4n) is 2.34. The first kappa shape index (κ1) is 12.9. The molecule has 4 heteroatoms. The van der Waals surface area contributed by atoms with Crippen molar-refractivity contribution in [1.29, 1.82) is 0 Å². The van der Waals surface area contributed by atoms with Crippen LogP contribution in [0.15, 0.2) is 24.3 Å². The van der Waals surface area contributed by atoms with E-state index in [1.54, 1.807) is 7.11 Å². The number of amides is 1. The largest absolute Gasteiger partial charge is 0.497 e. The van der Waals surface area contributed by atoms with E-state index in [4.69, 9.17) is 4.74 Å². The Morgan fingerprint density at radius 2 is 2.17 bits per heavy atom. The number of ether oxygens (including phenoxy) is 1. The third kappa shape index (κ3) is 2.48. The van der Waals surface area contributed by atoms with Crippen molar-refractivity contribution in [2.24, 2.45) is 5.41 Å². The minimum Gasteiger partial charge on any atom is -0.497 e. The molecule has 1 fully saturated rings. The van der Waals surface area contributed by atoms with Crippen LogP contribution >= 0.6 is 0 Å². The maximum Gasteiger partial charge on any atom is 0.231 e.